The Morgan fingerprint density at radius 3 is 2.87 bits per heavy atom. The summed E-state index contributed by atoms with van der Waals surface area (Å²) in [6.45, 7) is 2.48. The Labute approximate surface area is 133 Å². The highest BCUT2D eigenvalue weighted by atomic mass is 19.1. The highest BCUT2D eigenvalue weighted by Gasteiger charge is 2.23. The largest absolute Gasteiger partial charge is 0.474 e. The van der Waals surface area contributed by atoms with Crippen molar-refractivity contribution >= 4 is 11.7 Å². The third kappa shape index (κ3) is 3.26. The fourth-order valence-electron chi connectivity index (χ4n) is 2.49. The fourth-order valence-corrected chi connectivity index (χ4v) is 2.49. The van der Waals surface area contributed by atoms with Gasteiger partial charge in [0.05, 0.1) is 18.8 Å². The molecule has 1 aliphatic heterocycles. The molecule has 6 heteroatoms. The molecule has 0 amide bonds. The number of hydrogen-bond acceptors (Lipinski definition) is 5. The van der Waals surface area contributed by atoms with Gasteiger partial charge in [0.1, 0.15) is 12.4 Å². The van der Waals surface area contributed by atoms with Gasteiger partial charge in [-0.3, -0.25) is 0 Å². The second kappa shape index (κ2) is 6.24. The zero-order valence-corrected chi connectivity index (χ0v) is 12.9. The molecule has 0 aliphatic carbocycles. The van der Waals surface area contributed by atoms with Crippen molar-refractivity contribution in [3.8, 4) is 5.88 Å². The van der Waals surface area contributed by atoms with E-state index >= 15 is 0 Å². The lowest BCUT2D eigenvalue weighted by Crippen LogP contribution is -2.29. The summed E-state index contributed by atoms with van der Waals surface area (Å²) >= 11 is 0. The molecule has 120 valence electrons. The van der Waals surface area contributed by atoms with Crippen LogP contribution in [0.3, 0.4) is 0 Å². The Hall–Kier alpha value is -2.63. The maximum Gasteiger partial charge on any atom is 0.357 e. The third-order valence-corrected chi connectivity index (χ3v) is 3.63. The number of pyridine rings is 1. The monoisotopic (exact) mass is 316 g/mol. The van der Waals surface area contributed by atoms with E-state index in [4.69, 9.17) is 9.47 Å². The van der Waals surface area contributed by atoms with E-state index in [1.165, 1.54) is 19.2 Å². The number of fused-ring (bicyclic) bond motifs is 1. The predicted molar refractivity (Wildman–Crippen MR) is 83.4 cm³/mol. The van der Waals surface area contributed by atoms with E-state index in [0.29, 0.717) is 24.5 Å². The van der Waals surface area contributed by atoms with Crippen LogP contribution in [0.1, 0.15) is 28.5 Å². The number of carbonyl (C=O) groups excluding carboxylic acids is 1. The summed E-state index contributed by atoms with van der Waals surface area (Å²) in [7, 11) is 1.31. The maximum atomic E-state index is 13.0. The summed E-state index contributed by atoms with van der Waals surface area (Å²) in [5.41, 5.74) is 2.54. The standard InChI is InChI=1S/C17H17FN2O3/c1-10-9-23-16-14(19-10)8-12(15(20-16)17(21)22-2)7-11-3-5-13(18)6-4-11/h3-6,8,10,19H,7,9H2,1-2H3/t10-/m0/s1. The lowest BCUT2D eigenvalue weighted by molar-refractivity contribution is 0.0591. The molecule has 0 fully saturated rings. The molecular formula is C17H17FN2O3. The van der Waals surface area contributed by atoms with Crippen molar-refractivity contribution in [2.45, 2.75) is 19.4 Å². The van der Waals surface area contributed by atoms with E-state index in [0.717, 1.165) is 11.3 Å². The second-order valence-corrected chi connectivity index (χ2v) is 5.50. The number of carbonyl (C=O) groups is 1. The van der Waals surface area contributed by atoms with E-state index < -0.39 is 5.97 Å². The van der Waals surface area contributed by atoms with Crippen molar-refractivity contribution in [3.63, 3.8) is 0 Å². The van der Waals surface area contributed by atoms with E-state index in [-0.39, 0.29) is 17.6 Å². The van der Waals surface area contributed by atoms with Crippen LogP contribution in [0, 0.1) is 5.82 Å². The number of aromatic nitrogens is 1. The number of rotatable bonds is 3. The summed E-state index contributed by atoms with van der Waals surface area (Å²) in [5, 5.41) is 3.28. The number of anilines is 1. The van der Waals surface area contributed by atoms with Crippen LogP contribution in [0.25, 0.3) is 0 Å². The van der Waals surface area contributed by atoms with Gasteiger partial charge >= 0.3 is 5.97 Å². The molecular weight excluding hydrogens is 299 g/mol. The molecule has 0 saturated carbocycles. The van der Waals surface area contributed by atoms with Crippen LogP contribution in [-0.4, -0.2) is 30.7 Å². The lowest BCUT2D eigenvalue weighted by Gasteiger charge is -2.25. The SMILES string of the molecule is COC(=O)c1nc2c(cc1Cc1ccc(F)cc1)N[C@@H](C)CO2. The molecule has 2 heterocycles. The number of methoxy groups -OCH3 is 1. The summed E-state index contributed by atoms with van der Waals surface area (Å²) in [6.07, 6.45) is 0.445. The average molecular weight is 316 g/mol. The number of halogens is 1. The van der Waals surface area contributed by atoms with E-state index in [1.807, 2.05) is 13.0 Å². The van der Waals surface area contributed by atoms with Crippen LogP contribution in [0.5, 0.6) is 5.88 Å². The van der Waals surface area contributed by atoms with Crippen molar-refractivity contribution in [1.82, 2.24) is 4.98 Å². The molecule has 0 radical (unpaired) electrons. The normalized spacial score (nSPS) is 16.0. The predicted octanol–water partition coefficient (Wildman–Crippen LogP) is 2.79. The van der Waals surface area contributed by atoms with Gasteiger partial charge in [0.15, 0.2) is 5.69 Å². The van der Waals surface area contributed by atoms with Gasteiger partial charge in [0.2, 0.25) is 5.88 Å². The smallest absolute Gasteiger partial charge is 0.357 e. The van der Waals surface area contributed by atoms with E-state index in [2.05, 4.69) is 10.3 Å². The first-order valence-electron chi connectivity index (χ1n) is 7.33. The minimum Gasteiger partial charge on any atom is -0.474 e. The van der Waals surface area contributed by atoms with Crippen molar-refractivity contribution in [2.75, 3.05) is 19.0 Å². The van der Waals surface area contributed by atoms with Crippen LogP contribution in [0.15, 0.2) is 30.3 Å². The first kappa shape index (κ1) is 15.3. The average Bonchev–Trinajstić information content (AvgIpc) is 2.55. The molecule has 0 unspecified atom stereocenters. The summed E-state index contributed by atoms with van der Waals surface area (Å²) < 4.78 is 23.4. The Morgan fingerprint density at radius 2 is 2.17 bits per heavy atom. The number of hydrogen-bond donors (Lipinski definition) is 1. The Balaban J connectivity index is 2.00. The number of esters is 1. The Bertz CT molecular complexity index is 731. The first-order chi connectivity index (χ1) is 11.1. The number of nitrogens with zero attached hydrogens (tertiary/aromatic N) is 1. The summed E-state index contributed by atoms with van der Waals surface area (Å²) in [4.78, 5) is 16.3. The number of benzene rings is 1. The van der Waals surface area contributed by atoms with Crippen molar-refractivity contribution < 1.29 is 18.7 Å². The van der Waals surface area contributed by atoms with Crippen LogP contribution in [0.2, 0.25) is 0 Å². The quantitative estimate of drug-likeness (QED) is 0.882. The molecule has 3 rings (SSSR count). The van der Waals surface area contributed by atoms with Crippen LogP contribution >= 0.6 is 0 Å². The van der Waals surface area contributed by atoms with Crippen molar-refractivity contribution in [3.05, 3.63) is 53.0 Å². The van der Waals surface area contributed by atoms with Gasteiger partial charge in [0, 0.05) is 0 Å². The zero-order chi connectivity index (χ0) is 16.4. The van der Waals surface area contributed by atoms with Crippen molar-refractivity contribution in [1.29, 1.82) is 0 Å². The Kier molecular flexibility index (Phi) is 4.14. The molecule has 1 aromatic carbocycles. The molecule has 1 N–H and O–H groups in total. The minimum atomic E-state index is -0.521. The van der Waals surface area contributed by atoms with Crippen molar-refractivity contribution in [2.24, 2.45) is 0 Å². The molecule has 1 aliphatic rings. The number of ether oxygens (including phenoxy) is 2. The van der Waals surface area contributed by atoms with Gasteiger partial charge in [-0.1, -0.05) is 12.1 Å². The minimum absolute atomic E-state index is 0.159. The zero-order valence-electron chi connectivity index (χ0n) is 12.9. The van der Waals surface area contributed by atoms with E-state index in [9.17, 15) is 9.18 Å². The summed E-state index contributed by atoms with van der Waals surface area (Å²) in [6, 6.07) is 8.15. The molecule has 1 atom stereocenters. The maximum absolute atomic E-state index is 13.0. The molecule has 1 aromatic heterocycles. The highest BCUT2D eigenvalue weighted by molar-refractivity contribution is 5.90. The van der Waals surface area contributed by atoms with Gasteiger partial charge in [-0.2, -0.15) is 0 Å². The molecule has 23 heavy (non-hydrogen) atoms. The van der Waals surface area contributed by atoms with E-state index in [1.54, 1.807) is 12.1 Å². The first-order valence-corrected chi connectivity index (χ1v) is 7.33. The molecule has 0 saturated heterocycles. The van der Waals surface area contributed by atoms with Gasteiger partial charge in [-0.15, -0.1) is 0 Å². The molecule has 0 bridgehead atoms. The van der Waals surface area contributed by atoms with Crippen LogP contribution in [0.4, 0.5) is 10.1 Å². The molecule has 5 nitrogen and oxygen atoms in total. The van der Waals surface area contributed by atoms with Gasteiger partial charge in [0.25, 0.3) is 0 Å². The summed E-state index contributed by atoms with van der Waals surface area (Å²) in [5.74, 6) is -0.423. The van der Waals surface area contributed by atoms with Crippen LogP contribution < -0.4 is 10.1 Å². The van der Waals surface area contributed by atoms with Gasteiger partial charge in [-0.05, 0) is 42.7 Å². The topological polar surface area (TPSA) is 60.5 Å². The molecule has 0 spiro atoms. The highest BCUT2D eigenvalue weighted by Crippen LogP contribution is 2.30. The third-order valence-electron chi connectivity index (χ3n) is 3.63. The lowest BCUT2D eigenvalue weighted by atomic mass is 10.0. The molecule has 2 aromatic rings. The second-order valence-electron chi connectivity index (χ2n) is 5.50. The number of nitrogens with one attached hydrogen (secondary N) is 1. The Morgan fingerprint density at radius 1 is 1.43 bits per heavy atom. The van der Waals surface area contributed by atoms with Crippen LogP contribution in [-0.2, 0) is 11.2 Å². The van der Waals surface area contributed by atoms with Gasteiger partial charge < -0.3 is 14.8 Å². The fraction of sp³-hybridized carbons (Fsp3) is 0.294. The van der Waals surface area contributed by atoms with Gasteiger partial charge in [-0.25, -0.2) is 14.2 Å².